The molecule has 0 heterocycles. The SMILES string of the molecule is CCN(CC)C(CNC(=S)NCC(C)C)c1ccccc1. The summed E-state index contributed by atoms with van der Waals surface area (Å²) in [4.78, 5) is 2.45. The Morgan fingerprint density at radius 3 is 2.14 bits per heavy atom. The molecule has 0 fully saturated rings. The molecular weight excluding hydrogens is 278 g/mol. The zero-order chi connectivity index (χ0) is 15.7. The molecule has 0 radical (unpaired) electrons. The average Bonchev–Trinajstić information content (AvgIpc) is 2.50. The van der Waals surface area contributed by atoms with Gasteiger partial charge in [-0.05, 0) is 36.8 Å². The Kier molecular flexibility index (Phi) is 8.31. The maximum Gasteiger partial charge on any atom is 0.166 e. The van der Waals surface area contributed by atoms with Crippen LogP contribution in [0.5, 0.6) is 0 Å². The Morgan fingerprint density at radius 2 is 1.62 bits per heavy atom. The molecule has 0 spiro atoms. The molecule has 0 aliphatic heterocycles. The summed E-state index contributed by atoms with van der Waals surface area (Å²) in [6, 6.07) is 11.0. The summed E-state index contributed by atoms with van der Waals surface area (Å²) in [5.41, 5.74) is 1.33. The molecule has 1 aromatic carbocycles. The van der Waals surface area contributed by atoms with Crippen molar-refractivity contribution in [1.82, 2.24) is 15.5 Å². The van der Waals surface area contributed by atoms with Crippen molar-refractivity contribution in [3.8, 4) is 0 Å². The van der Waals surface area contributed by atoms with Crippen molar-refractivity contribution in [2.75, 3.05) is 26.2 Å². The quantitative estimate of drug-likeness (QED) is 0.721. The van der Waals surface area contributed by atoms with Gasteiger partial charge >= 0.3 is 0 Å². The Labute approximate surface area is 135 Å². The molecule has 0 aliphatic rings. The maximum atomic E-state index is 5.36. The second kappa shape index (κ2) is 9.74. The highest BCUT2D eigenvalue weighted by molar-refractivity contribution is 7.80. The summed E-state index contributed by atoms with van der Waals surface area (Å²) in [7, 11) is 0. The number of rotatable bonds is 8. The average molecular weight is 308 g/mol. The third-order valence-corrected chi connectivity index (χ3v) is 3.85. The lowest BCUT2D eigenvalue weighted by molar-refractivity contribution is 0.219. The molecule has 4 heteroatoms. The van der Waals surface area contributed by atoms with Crippen molar-refractivity contribution in [2.24, 2.45) is 5.92 Å². The van der Waals surface area contributed by atoms with E-state index in [1.165, 1.54) is 5.56 Å². The van der Waals surface area contributed by atoms with E-state index in [0.29, 0.717) is 12.0 Å². The molecule has 21 heavy (non-hydrogen) atoms. The van der Waals surface area contributed by atoms with E-state index in [2.05, 4.69) is 73.6 Å². The minimum atomic E-state index is 0.347. The lowest BCUT2D eigenvalue weighted by Gasteiger charge is -2.30. The number of nitrogens with zero attached hydrogens (tertiary/aromatic N) is 1. The predicted octanol–water partition coefficient (Wildman–Crippen LogP) is 3.19. The topological polar surface area (TPSA) is 27.3 Å². The number of benzene rings is 1. The number of nitrogens with one attached hydrogen (secondary N) is 2. The molecule has 0 saturated carbocycles. The first-order chi connectivity index (χ1) is 10.1. The highest BCUT2D eigenvalue weighted by atomic mass is 32.1. The van der Waals surface area contributed by atoms with Crippen LogP contribution in [0.3, 0.4) is 0 Å². The van der Waals surface area contributed by atoms with Gasteiger partial charge in [0.1, 0.15) is 0 Å². The largest absolute Gasteiger partial charge is 0.362 e. The molecule has 1 atom stereocenters. The minimum absolute atomic E-state index is 0.347. The van der Waals surface area contributed by atoms with Gasteiger partial charge in [-0.15, -0.1) is 0 Å². The summed E-state index contributed by atoms with van der Waals surface area (Å²) in [6.45, 7) is 12.6. The van der Waals surface area contributed by atoms with Crippen LogP contribution >= 0.6 is 12.2 Å². The van der Waals surface area contributed by atoms with Gasteiger partial charge in [-0.3, -0.25) is 4.90 Å². The second-order valence-electron chi connectivity index (χ2n) is 5.63. The Bertz CT molecular complexity index is 402. The smallest absolute Gasteiger partial charge is 0.166 e. The van der Waals surface area contributed by atoms with Gasteiger partial charge < -0.3 is 10.6 Å². The first-order valence-corrected chi connectivity index (χ1v) is 8.29. The molecule has 0 saturated heterocycles. The van der Waals surface area contributed by atoms with Gasteiger partial charge in [0.2, 0.25) is 0 Å². The van der Waals surface area contributed by atoms with Crippen LogP contribution < -0.4 is 10.6 Å². The van der Waals surface area contributed by atoms with Crippen LogP contribution in [-0.4, -0.2) is 36.2 Å². The number of hydrogen-bond acceptors (Lipinski definition) is 2. The third-order valence-electron chi connectivity index (χ3n) is 3.56. The summed E-state index contributed by atoms with van der Waals surface area (Å²) >= 11 is 5.36. The van der Waals surface area contributed by atoms with Gasteiger partial charge in [0, 0.05) is 13.1 Å². The molecule has 1 aromatic rings. The first kappa shape index (κ1) is 17.9. The van der Waals surface area contributed by atoms with E-state index in [-0.39, 0.29) is 0 Å². The molecule has 1 rings (SSSR count). The Hall–Kier alpha value is -1.13. The zero-order valence-electron chi connectivity index (χ0n) is 13.7. The molecule has 0 aliphatic carbocycles. The standard InChI is InChI=1S/C17H29N3S/c1-5-20(6-2)16(15-10-8-7-9-11-15)13-19-17(21)18-12-14(3)4/h7-11,14,16H,5-6,12-13H2,1-4H3,(H2,18,19,21). The third kappa shape index (κ3) is 6.44. The Morgan fingerprint density at radius 1 is 1.05 bits per heavy atom. The van der Waals surface area contributed by atoms with Crippen LogP contribution in [0.4, 0.5) is 0 Å². The van der Waals surface area contributed by atoms with Crippen molar-refractivity contribution in [1.29, 1.82) is 0 Å². The van der Waals surface area contributed by atoms with Crippen molar-refractivity contribution in [2.45, 2.75) is 33.7 Å². The predicted molar refractivity (Wildman–Crippen MR) is 95.5 cm³/mol. The van der Waals surface area contributed by atoms with Crippen LogP contribution in [0, 0.1) is 5.92 Å². The molecule has 0 amide bonds. The molecule has 3 nitrogen and oxygen atoms in total. The fourth-order valence-electron chi connectivity index (χ4n) is 2.35. The van der Waals surface area contributed by atoms with Crippen LogP contribution in [0.25, 0.3) is 0 Å². The van der Waals surface area contributed by atoms with Gasteiger partial charge in [0.25, 0.3) is 0 Å². The number of hydrogen-bond donors (Lipinski definition) is 2. The normalized spacial score (nSPS) is 12.5. The first-order valence-electron chi connectivity index (χ1n) is 7.89. The second-order valence-corrected chi connectivity index (χ2v) is 6.04. The number of thiocarbonyl (C=S) groups is 1. The molecular formula is C17H29N3S. The highest BCUT2D eigenvalue weighted by Gasteiger charge is 2.17. The van der Waals surface area contributed by atoms with Crippen LogP contribution in [0.1, 0.15) is 39.3 Å². The lowest BCUT2D eigenvalue weighted by Crippen LogP contribution is -2.42. The minimum Gasteiger partial charge on any atom is -0.362 e. The molecule has 2 N–H and O–H groups in total. The van der Waals surface area contributed by atoms with Gasteiger partial charge in [-0.2, -0.15) is 0 Å². The van der Waals surface area contributed by atoms with Gasteiger partial charge in [-0.1, -0.05) is 58.0 Å². The summed E-state index contributed by atoms with van der Waals surface area (Å²) in [6.07, 6.45) is 0. The van der Waals surface area contributed by atoms with E-state index in [0.717, 1.165) is 31.3 Å². The van der Waals surface area contributed by atoms with E-state index in [9.17, 15) is 0 Å². The highest BCUT2D eigenvalue weighted by Crippen LogP contribution is 2.19. The van der Waals surface area contributed by atoms with Crippen molar-refractivity contribution in [3.63, 3.8) is 0 Å². The monoisotopic (exact) mass is 307 g/mol. The van der Waals surface area contributed by atoms with E-state index in [4.69, 9.17) is 12.2 Å². The van der Waals surface area contributed by atoms with E-state index < -0.39 is 0 Å². The summed E-state index contributed by atoms with van der Waals surface area (Å²) in [5, 5.41) is 7.38. The van der Waals surface area contributed by atoms with Crippen molar-refractivity contribution < 1.29 is 0 Å². The summed E-state index contributed by atoms with van der Waals surface area (Å²) < 4.78 is 0. The van der Waals surface area contributed by atoms with Gasteiger partial charge in [0.15, 0.2) is 5.11 Å². The number of likely N-dealkylation sites (N-methyl/N-ethyl adjacent to an activating group) is 1. The molecule has 1 unspecified atom stereocenters. The molecule has 118 valence electrons. The fraction of sp³-hybridized carbons (Fsp3) is 0.588. The van der Waals surface area contributed by atoms with E-state index in [1.54, 1.807) is 0 Å². The van der Waals surface area contributed by atoms with Crippen LogP contribution in [0.15, 0.2) is 30.3 Å². The van der Waals surface area contributed by atoms with Crippen LogP contribution in [0.2, 0.25) is 0 Å². The summed E-state index contributed by atoms with van der Waals surface area (Å²) in [5.74, 6) is 0.595. The van der Waals surface area contributed by atoms with Crippen LogP contribution in [-0.2, 0) is 0 Å². The molecule has 0 aromatic heterocycles. The fourth-order valence-corrected chi connectivity index (χ4v) is 2.51. The van der Waals surface area contributed by atoms with Gasteiger partial charge in [0.05, 0.1) is 6.04 Å². The van der Waals surface area contributed by atoms with E-state index >= 15 is 0 Å². The zero-order valence-corrected chi connectivity index (χ0v) is 14.5. The molecule has 0 bridgehead atoms. The lowest BCUT2D eigenvalue weighted by atomic mass is 10.1. The Balaban J connectivity index is 2.64. The van der Waals surface area contributed by atoms with E-state index in [1.807, 2.05) is 0 Å². The van der Waals surface area contributed by atoms with Crippen molar-refractivity contribution >= 4 is 17.3 Å². The maximum absolute atomic E-state index is 5.36. The van der Waals surface area contributed by atoms with Gasteiger partial charge in [-0.25, -0.2) is 0 Å². The van der Waals surface area contributed by atoms with Crippen molar-refractivity contribution in [3.05, 3.63) is 35.9 Å².